The van der Waals surface area contributed by atoms with Crippen LogP contribution in [0.15, 0.2) is 39.8 Å². The van der Waals surface area contributed by atoms with E-state index in [1.807, 2.05) is 0 Å². The first-order chi connectivity index (χ1) is 12.8. The number of piperidine rings is 1. The Hall–Kier alpha value is -1.48. The van der Waals surface area contributed by atoms with Gasteiger partial charge in [-0.25, -0.2) is 13.4 Å². The summed E-state index contributed by atoms with van der Waals surface area (Å²) in [6.07, 6.45) is 4.27. The van der Waals surface area contributed by atoms with Crippen molar-refractivity contribution in [3.63, 3.8) is 0 Å². The van der Waals surface area contributed by atoms with Crippen LogP contribution in [-0.2, 0) is 10.0 Å². The number of anilines is 1. The van der Waals surface area contributed by atoms with E-state index in [0.29, 0.717) is 28.8 Å². The maximum atomic E-state index is 13.0. The van der Waals surface area contributed by atoms with Crippen LogP contribution in [0.4, 0.5) is 5.69 Å². The van der Waals surface area contributed by atoms with E-state index in [1.165, 1.54) is 16.6 Å². The van der Waals surface area contributed by atoms with Gasteiger partial charge >= 0.3 is 0 Å². The van der Waals surface area contributed by atoms with Crippen LogP contribution in [0.25, 0.3) is 0 Å². The minimum atomic E-state index is -3.59. The summed E-state index contributed by atoms with van der Waals surface area (Å²) >= 11 is 9.25. The Morgan fingerprint density at radius 2 is 1.93 bits per heavy atom. The van der Waals surface area contributed by atoms with Gasteiger partial charge in [0.05, 0.1) is 10.5 Å². The molecule has 1 aromatic heterocycles. The van der Waals surface area contributed by atoms with E-state index in [0.717, 1.165) is 19.3 Å². The second kappa shape index (κ2) is 8.26. The molecule has 0 unspecified atom stereocenters. The standard InChI is InChI=1S/C18H19BrClN3O3S/c1-12-5-6-14(22-18(24)15-9-13(19)11-21-17(15)20)10-16(12)27(25,26)23-7-3-2-4-8-23/h5-6,9-11H,2-4,7-8H2,1H3,(H,22,24). The number of aryl methyl sites for hydroxylation is 1. The fourth-order valence-corrected chi connectivity index (χ4v) is 5.27. The molecule has 3 rings (SSSR count). The lowest BCUT2D eigenvalue weighted by molar-refractivity contribution is 0.102. The lowest BCUT2D eigenvalue weighted by Crippen LogP contribution is -2.36. The molecule has 0 radical (unpaired) electrons. The molecule has 2 aromatic rings. The number of sulfonamides is 1. The molecular formula is C18H19BrClN3O3S. The average Bonchev–Trinajstić information content (AvgIpc) is 2.65. The molecule has 6 nitrogen and oxygen atoms in total. The smallest absolute Gasteiger partial charge is 0.258 e. The Morgan fingerprint density at radius 3 is 2.63 bits per heavy atom. The molecule has 1 aliphatic heterocycles. The minimum Gasteiger partial charge on any atom is -0.322 e. The van der Waals surface area contributed by atoms with E-state index >= 15 is 0 Å². The molecule has 2 heterocycles. The normalized spacial score (nSPS) is 15.5. The number of carbonyl (C=O) groups excluding carboxylic acids is 1. The van der Waals surface area contributed by atoms with Crippen molar-refractivity contribution in [2.45, 2.75) is 31.1 Å². The average molecular weight is 473 g/mol. The van der Waals surface area contributed by atoms with E-state index in [4.69, 9.17) is 11.6 Å². The third-order valence-electron chi connectivity index (χ3n) is 4.43. The van der Waals surface area contributed by atoms with E-state index in [1.54, 1.807) is 25.1 Å². The van der Waals surface area contributed by atoms with Crippen molar-refractivity contribution in [3.8, 4) is 0 Å². The van der Waals surface area contributed by atoms with Crippen molar-refractivity contribution in [1.29, 1.82) is 0 Å². The van der Waals surface area contributed by atoms with Crippen LogP contribution in [0.2, 0.25) is 5.15 Å². The molecular weight excluding hydrogens is 454 g/mol. The number of hydrogen-bond acceptors (Lipinski definition) is 4. The predicted molar refractivity (Wildman–Crippen MR) is 109 cm³/mol. The first-order valence-electron chi connectivity index (χ1n) is 8.52. The van der Waals surface area contributed by atoms with Crippen molar-refractivity contribution in [2.24, 2.45) is 0 Å². The third kappa shape index (κ3) is 4.51. The molecule has 9 heteroatoms. The molecule has 1 saturated heterocycles. The highest BCUT2D eigenvalue weighted by molar-refractivity contribution is 9.10. The number of rotatable bonds is 4. The molecule has 0 saturated carbocycles. The summed E-state index contributed by atoms with van der Waals surface area (Å²) in [5.41, 5.74) is 1.23. The van der Waals surface area contributed by atoms with Crippen LogP contribution in [-0.4, -0.2) is 36.7 Å². The molecule has 1 aromatic carbocycles. The Labute approximate surface area is 172 Å². The number of carbonyl (C=O) groups is 1. The molecule has 0 aliphatic carbocycles. The van der Waals surface area contributed by atoms with E-state index in [-0.39, 0.29) is 15.6 Å². The number of aromatic nitrogens is 1. The highest BCUT2D eigenvalue weighted by Gasteiger charge is 2.27. The zero-order chi connectivity index (χ0) is 19.6. The monoisotopic (exact) mass is 471 g/mol. The van der Waals surface area contributed by atoms with Gasteiger partial charge in [-0.3, -0.25) is 4.79 Å². The van der Waals surface area contributed by atoms with Gasteiger partial charge in [0.25, 0.3) is 5.91 Å². The largest absolute Gasteiger partial charge is 0.322 e. The third-order valence-corrected chi connectivity index (χ3v) is 7.20. The molecule has 0 bridgehead atoms. The Morgan fingerprint density at radius 1 is 1.22 bits per heavy atom. The van der Waals surface area contributed by atoms with E-state index in [2.05, 4.69) is 26.2 Å². The van der Waals surface area contributed by atoms with Gasteiger partial charge in [-0.2, -0.15) is 4.31 Å². The summed E-state index contributed by atoms with van der Waals surface area (Å²) in [5, 5.41) is 2.77. The molecule has 27 heavy (non-hydrogen) atoms. The number of halogens is 2. The molecule has 0 spiro atoms. The molecule has 1 aliphatic rings. The van der Waals surface area contributed by atoms with Crippen LogP contribution in [0.3, 0.4) is 0 Å². The number of nitrogens with one attached hydrogen (secondary N) is 1. The topological polar surface area (TPSA) is 79.4 Å². The summed E-state index contributed by atoms with van der Waals surface area (Å²) in [4.78, 5) is 16.7. The number of hydrogen-bond donors (Lipinski definition) is 1. The number of amides is 1. The highest BCUT2D eigenvalue weighted by Crippen LogP contribution is 2.27. The Kier molecular flexibility index (Phi) is 6.20. The van der Waals surface area contributed by atoms with Crippen molar-refractivity contribution in [2.75, 3.05) is 18.4 Å². The van der Waals surface area contributed by atoms with Crippen LogP contribution in [0, 0.1) is 6.92 Å². The second-order valence-corrected chi connectivity index (χ2v) is 9.57. The zero-order valence-corrected chi connectivity index (χ0v) is 17.9. The van der Waals surface area contributed by atoms with Gasteiger partial charge in [0, 0.05) is 29.4 Å². The lowest BCUT2D eigenvalue weighted by atomic mass is 10.2. The molecule has 144 valence electrons. The zero-order valence-electron chi connectivity index (χ0n) is 14.7. The molecule has 1 amide bonds. The van der Waals surface area contributed by atoms with E-state index in [9.17, 15) is 13.2 Å². The van der Waals surface area contributed by atoms with Crippen molar-refractivity contribution in [1.82, 2.24) is 9.29 Å². The Bertz CT molecular complexity index is 976. The second-order valence-electron chi connectivity index (χ2n) is 6.39. The number of nitrogens with zero attached hydrogens (tertiary/aromatic N) is 2. The maximum Gasteiger partial charge on any atom is 0.258 e. The minimum absolute atomic E-state index is 0.0731. The SMILES string of the molecule is Cc1ccc(NC(=O)c2cc(Br)cnc2Cl)cc1S(=O)(=O)N1CCCCC1. The summed E-state index contributed by atoms with van der Waals surface area (Å²) < 4.78 is 28.1. The van der Waals surface area contributed by atoms with Crippen molar-refractivity contribution >= 4 is 49.1 Å². The van der Waals surface area contributed by atoms with Crippen LogP contribution < -0.4 is 5.32 Å². The van der Waals surface area contributed by atoms with Gasteiger partial charge in [-0.1, -0.05) is 24.1 Å². The fourth-order valence-electron chi connectivity index (χ4n) is 2.98. The van der Waals surface area contributed by atoms with Gasteiger partial charge in [0.15, 0.2) is 0 Å². The number of pyridine rings is 1. The van der Waals surface area contributed by atoms with Gasteiger partial charge in [0.1, 0.15) is 5.15 Å². The van der Waals surface area contributed by atoms with Crippen LogP contribution in [0.5, 0.6) is 0 Å². The van der Waals surface area contributed by atoms with Gasteiger partial charge in [-0.15, -0.1) is 0 Å². The van der Waals surface area contributed by atoms with Crippen LogP contribution in [0.1, 0.15) is 35.2 Å². The lowest BCUT2D eigenvalue weighted by Gasteiger charge is -2.26. The fraction of sp³-hybridized carbons (Fsp3) is 0.333. The first kappa shape index (κ1) is 20.3. The predicted octanol–water partition coefficient (Wildman–Crippen LogP) is 4.23. The summed E-state index contributed by atoms with van der Waals surface area (Å²) in [7, 11) is -3.59. The van der Waals surface area contributed by atoms with Crippen molar-refractivity contribution in [3.05, 3.63) is 51.2 Å². The number of benzene rings is 1. The first-order valence-corrected chi connectivity index (χ1v) is 11.1. The maximum absolute atomic E-state index is 13.0. The molecule has 1 fully saturated rings. The van der Waals surface area contributed by atoms with Gasteiger partial charge < -0.3 is 5.32 Å². The van der Waals surface area contributed by atoms with Gasteiger partial charge in [-0.05, 0) is 59.5 Å². The summed E-state index contributed by atoms with van der Waals surface area (Å²) in [6.45, 7) is 2.80. The quantitative estimate of drug-likeness (QED) is 0.675. The highest BCUT2D eigenvalue weighted by atomic mass is 79.9. The summed E-state index contributed by atoms with van der Waals surface area (Å²) in [5.74, 6) is -0.459. The Balaban J connectivity index is 1.89. The van der Waals surface area contributed by atoms with Crippen molar-refractivity contribution < 1.29 is 13.2 Å². The molecule has 0 atom stereocenters. The van der Waals surface area contributed by atoms with Gasteiger partial charge in [0.2, 0.25) is 10.0 Å². The molecule has 1 N–H and O–H groups in total. The summed E-state index contributed by atoms with van der Waals surface area (Å²) in [6, 6.07) is 6.41. The van der Waals surface area contributed by atoms with E-state index < -0.39 is 15.9 Å². The van der Waals surface area contributed by atoms with Crippen LogP contribution >= 0.6 is 27.5 Å².